The molecule has 2 aromatic carbocycles. The van der Waals surface area contributed by atoms with E-state index < -0.39 is 5.97 Å². The number of esters is 1. The number of H-pyrrole nitrogens is 1. The number of nitrogens with one attached hydrogen (secondary N) is 2. The lowest BCUT2D eigenvalue weighted by Crippen LogP contribution is -2.13. The van der Waals surface area contributed by atoms with E-state index in [0.29, 0.717) is 22.1 Å². The monoisotopic (exact) mass is 425 g/mol. The Labute approximate surface area is 177 Å². The third-order valence-corrected chi connectivity index (χ3v) is 5.01. The van der Waals surface area contributed by atoms with Crippen molar-refractivity contribution in [1.29, 1.82) is 0 Å². The van der Waals surface area contributed by atoms with Crippen molar-refractivity contribution in [2.75, 3.05) is 18.8 Å². The maximum atomic E-state index is 12.0. The van der Waals surface area contributed by atoms with Crippen LogP contribution in [0.15, 0.2) is 48.5 Å². The maximum Gasteiger partial charge on any atom is 0.340 e. The smallest absolute Gasteiger partial charge is 0.340 e. The molecule has 0 amide bonds. The summed E-state index contributed by atoms with van der Waals surface area (Å²) >= 11 is 6.22. The number of halogens is 1. The molecule has 2 N–H and O–H groups in total. The van der Waals surface area contributed by atoms with Gasteiger partial charge >= 0.3 is 5.97 Å². The molecule has 4 rings (SSSR count). The van der Waals surface area contributed by atoms with Gasteiger partial charge in [0.25, 0.3) is 0 Å². The normalized spacial score (nSPS) is 11.0. The second kappa shape index (κ2) is 8.56. The van der Waals surface area contributed by atoms with Crippen molar-refractivity contribution in [3.63, 3.8) is 0 Å². The minimum atomic E-state index is -0.410. The van der Waals surface area contributed by atoms with Gasteiger partial charge in [0.1, 0.15) is 11.8 Å². The number of rotatable bonds is 7. The van der Waals surface area contributed by atoms with Gasteiger partial charge in [-0.3, -0.25) is 0 Å². The van der Waals surface area contributed by atoms with Gasteiger partial charge in [-0.15, -0.1) is 9.73 Å². The highest BCUT2D eigenvalue weighted by Gasteiger charge is 2.13. The van der Waals surface area contributed by atoms with Gasteiger partial charge < -0.3 is 19.8 Å². The Morgan fingerprint density at radius 1 is 1.17 bits per heavy atom. The van der Waals surface area contributed by atoms with Crippen LogP contribution in [0, 0.1) is 13.8 Å². The van der Waals surface area contributed by atoms with Crippen molar-refractivity contribution >= 4 is 28.9 Å². The van der Waals surface area contributed by atoms with Crippen LogP contribution in [0.3, 0.4) is 0 Å². The zero-order valence-corrected chi connectivity index (χ0v) is 17.2. The highest BCUT2D eigenvalue weighted by Crippen LogP contribution is 2.24. The predicted molar refractivity (Wildman–Crippen MR) is 114 cm³/mol. The highest BCUT2D eigenvalue weighted by atomic mass is 35.5. The number of nitrogens with zero attached hydrogens (tertiary/aromatic N) is 3. The van der Waals surface area contributed by atoms with E-state index in [2.05, 4.69) is 20.5 Å². The van der Waals surface area contributed by atoms with E-state index in [1.54, 1.807) is 12.1 Å². The largest absolute Gasteiger partial charge is 0.435 e. The molecule has 154 valence electrons. The molecule has 8 nitrogen and oxygen atoms in total. The molecule has 0 aliphatic carbocycles. The molecule has 0 saturated carbocycles. The van der Waals surface area contributed by atoms with Gasteiger partial charge in [0.05, 0.1) is 11.3 Å². The Kier molecular flexibility index (Phi) is 5.69. The molecule has 0 atom stereocenters. The molecule has 0 spiro atoms. The number of aromatic amines is 1. The summed E-state index contributed by atoms with van der Waals surface area (Å²) in [5.74, 6) is 0.239. The van der Waals surface area contributed by atoms with Gasteiger partial charge in [0.15, 0.2) is 18.3 Å². The minimum Gasteiger partial charge on any atom is -0.435 e. The highest BCUT2D eigenvalue weighted by molar-refractivity contribution is 6.34. The number of fused-ring (bicyclic) bond motifs is 1. The average Bonchev–Trinajstić information content (AvgIpc) is 3.27. The molecule has 0 bridgehead atoms. The van der Waals surface area contributed by atoms with Gasteiger partial charge in [-0.2, -0.15) is 5.10 Å². The molecule has 0 saturated heterocycles. The lowest BCUT2D eigenvalue weighted by atomic mass is 10.1. The molecule has 0 radical (unpaired) electrons. The van der Waals surface area contributed by atoms with E-state index in [1.807, 2.05) is 50.2 Å². The van der Waals surface area contributed by atoms with E-state index in [4.69, 9.17) is 21.1 Å². The lowest BCUT2D eigenvalue weighted by molar-refractivity contribution is -0.0260. The number of anilines is 1. The third-order valence-electron chi connectivity index (χ3n) is 4.55. The predicted octanol–water partition coefficient (Wildman–Crippen LogP) is 4.20. The summed E-state index contributed by atoms with van der Waals surface area (Å²) in [6, 6.07) is 14.9. The third kappa shape index (κ3) is 4.14. The van der Waals surface area contributed by atoms with E-state index in [9.17, 15) is 4.79 Å². The van der Waals surface area contributed by atoms with Crippen molar-refractivity contribution in [3.05, 3.63) is 70.4 Å². The first kappa shape index (κ1) is 19.9. The minimum absolute atomic E-state index is 0.146. The second-order valence-electron chi connectivity index (χ2n) is 6.68. The van der Waals surface area contributed by atoms with E-state index >= 15 is 0 Å². The number of hydrogen-bond acceptors (Lipinski definition) is 6. The Hall–Kier alpha value is -3.36. The average molecular weight is 426 g/mol. The van der Waals surface area contributed by atoms with Crippen LogP contribution < -0.4 is 5.32 Å². The topological polar surface area (TPSA) is 93.5 Å². The molecule has 0 aliphatic rings. The molecule has 2 heterocycles. The molecule has 4 aromatic rings. The van der Waals surface area contributed by atoms with Crippen LogP contribution in [0.4, 0.5) is 5.69 Å². The molecule has 30 heavy (non-hydrogen) atoms. The first-order chi connectivity index (χ1) is 14.5. The number of benzene rings is 2. The number of carbonyl (C=O) groups excluding carboxylic acids is 1. The molecule has 0 aliphatic heterocycles. The zero-order chi connectivity index (χ0) is 21.1. The fourth-order valence-corrected chi connectivity index (χ4v) is 3.12. The number of aryl methyl sites for hydroxylation is 2. The van der Waals surface area contributed by atoms with Crippen LogP contribution in [-0.2, 0) is 9.47 Å². The fraction of sp³-hybridized carbons (Fsp3) is 0.190. The summed E-state index contributed by atoms with van der Waals surface area (Å²) in [6.45, 7) is 3.72. The van der Waals surface area contributed by atoms with Crippen molar-refractivity contribution in [3.8, 4) is 11.4 Å². The summed E-state index contributed by atoms with van der Waals surface area (Å²) in [4.78, 5) is 15.2. The summed E-state index contributed by atoms with van der Waals surface area (Å²) in [5, 5.41) is 12.4. The Bertz CT molecular complexity index is 1200. The van der Waals surface area contributed by atoms with Gasteiger partial charge in [0.2, 0.25) is 0 Å². The van der Waals surface area contributed by atoms with E-state index in [0.717, 1.165) is 22.5 Å². The fourth-order valence-electron chi connectivity index (χ4n) is 2.96. The van der Waals surface area contributed by atoms with E-state index in [1.165, 1.54) is 4.63 Å². The lowest BCUT2D eigenvalue weighted by Gasteiger charge is -2.10. The standard InChI is InChI=1S/C21H20ClN5O3/c1-13-6-3-4-9-17(13)21(28)30-12-29-11-23-16-8-5-7-15(10-16)19-24-20-18(22)14(2)25-27(20)26-19/h3-10,23H,11-12H2,1-2H3,(H,24,26). The van der Waals surface area contributed by atoms with Crippen LogP contribution in [0.5, 0.6) is 0 Å². The Morgan fingerprint density at radius 3 is 2.80 bits per heavy atom. The first-order valence-electron chi connectivity index (χ1n) is 9.29. The van der Waals surface area contributed by atoms with Crippen LogP contribution in [-0.4, -0.2) is 39.3 Å². The quantitative estimate of drug-likeness (QED) is 0.262. The zero-order valence-electron chi connectivity index (χ0n) is 16.5. The van der Waals surface area contributed by atoms with Gasteiger partial charge in [0, 0.05) is 11.3 Å². The van der Waals surface area contributed by atoms with Crippen LogP contribution >= 0.6 is 11.6 Å². The Balaban J connectivity index is 1.31. The number of ether oxygens (including phenoxy) is 2. The maximum absolute atomic E-state index is 12.0. The molecular weight excluding hydrogens is 406 g/mol. The summed E-state index contributed by atoms with van der Waals surface area (Å²) in [7, 11) is 0. The number of hydrogen-bond donors (Lipinski definition) is 2. The molecule has 0 unspecified atom stereocenters. The van der Waals surface area contributed by atoms with Crippen LogP contribution in [0.1, 0.15) is 21.6 Å². The molecule has 9 heteroatoms. The summed E-state index contributed by atoms with van der Waals surface area (Å²) in [5.41, 5.74) is 4.46. The van der Waals surface area contributed by atoms with Gasteiger partial charge in [-0.05, 0) is 37.6 Å². The molecule has 0 fully saturated rings. The van der Waals surface area contributed by atoms with Crippen LogP contribution in [0.2, 0.25) is 5.02 Å². The van der Waals surface area contributed by atoms with Gasteiger partial charge in [-0.25, -0.2) is 4.79 Å². The summed E-state index contributed by atoms with van der Waals surface area (Å²) in [6.07, 6.45) is 0. The van der Waals surface area contributed by atoms with Gasteiger partial charge in [-0.1, -0.05) is 41.9 Å². The van der Waals surface area contributed by atoms with Crippen molar-refractivity contribution < 1.29 is 14.3 Å². The molecular formula is C21H20ClN5O3. The second-order valence-corrected chi connectivity index (χ2v) is 7.06. The van der Waals surface area contributed by atoms with E-state index in [-0.39, 0.29) is 13.5 Å². The Morgan fingerprint density at radius 2 is 2.00 bits per heavy atom. The first-order valence-corrected chi connectivity index (χ1v) is 9.66. The number of aromatic nitrogens is 4. The SMILES string of the molecule is Cc1ccccc1C(=O)OCOCNc1cccc(-c2nn3nc(C)c(Cl)c3[nH]2)c1. The molecule has 2 aromatic heterocycles. The van der Waals surface area contributed by atoms with Crippen molar-refractivity contribution in [1.82, 2.24) is 19.8 Å². The summed E-state index contributed by atoms with van der Waals surface area (Å²) < 4.78 is 12.0. The van der Waals surface area contributed by atoms with Crippen molar-refractivity contribution in [2.45, 2.75) is 13.8 Å². The number of carbonyl (C=O) groups is 1. The van der Waals surface area contributed by atoms with Crippen molar-refractivity contribution in [2.24, 2.45) is 0 Å². The van der Waals surface area contributed by atoms with Crippen LogP contribution in [0.25, 0.3) is 17.0 Å².